The van der Waals surface area contributed by atoms with Gasteiger partial charge >= 0.3 is 0 Å². The molecule has 0 radical (unpaired) electrons. The van der Waals surface area contributed by atoms with E-state index in [0.717, 1.165) is 49.9 Å². The van der Waals surface area contributed by atoms with E-state index in [-0.39, 0.29) is 5.91 Å². The number of hydrogen-bond acceptors (Lipinski definition) is 4. The van der Waals surface area contributed by atoms with Gasteiger partial charge in [-0.1, -0.05) is 17.7 Å². The summed E-state index contributed by atoms with van der Waals surface area (Å²) < 4.78 is 5.31. The van der Waals surface area contributed by atoms with Crippen LogP contribution in [0.4, 0.5) is 5.69 Å². The van der Waals surface area contributed by atoms with E-state index in [1.165, 1.54) is 0 Å². The van der Waals surface area contributed by atoms with Gasteiger partial charge in [0.2, 0.25) is 5.91 Å². The number of anilines is 1. The number of nitrogens with one attached hydrogen (secondary N) is 1. The van der Waals surface area contributed by atoms with Gasteiger partial charge in [0.1, 0.15) is 0 Å². The fourth-order valence-corrected chi connectivity index (χ4v) is 3.08. The number of amides is 1. The van der Waals surface area contributed by atoms with Gasteiger partial charge in [0.05, 0.1) is 19.0 Å². The second-order valence-electron chi connectivity index (χ2n) is 4.97. The maximum atomic E-state index is 11.9. The number of nitrogens with zero attached hydrogens (tertiary/aromatic N) is 1. The summed E-state index contributed by atoms with van der Waals surface area (Å²) in [6.45, 7) is 6.54. The molecule has 1 amide bonds. The van der Waals surface area contributed by atoms with Crippen LogP contribution in [-0.2, 0) is 9.53 Å². The maximum Gasteiger partial charge on any atom is 0.234 e. The summed E-state index contributed by atoms with van der Waals surface area (Å²) >= 11 is 7.69. The Morgan fingerprint density at radius 1 is 1.43 bits per heavy atom. The average Bonchev–Trinajstić information content (AvgIpc) is 2.49. The molecule has 21 heavy (non-hydrogen) atoms. The maximum absolute atomic E-state index is 11.9. The van der Waals surface area contributed by atoms with Gasteiger partial charge in [0, 0.05) is 36.1 Å². The van der Waals surface area contributed by atoms with Crippen molar-refractivity contribution in [1.29, 1.82) is 0 Å². The van der Waals surface area contributed by atoms with Crippen LogP contribution in [0.3, 0.4) is 0 Å². The molecule has 1 aliphatic rings. The molecule has 4 nitrogen and oxygen atoms in total. The Morgan fingerprint density at radius 3 is 2.95 bits per heavy atom. The summed E-state index contributed by atoms with van der Waals surface area (Å²) in [6, 6.07) is 5.54. The summed E-state index contributed by atoms with van der Waals surface area (Å²) in [5, 5.41) is 3.59. The van der Waals surface area contributed by atoms with Crippen molar-refractivity contribution in [3.05, 3.63) is 28.8 Å². The van der Waals surface area contributed by atoms with E-state index in [1.54, 1.807) is 11.8 Å². The predicted octanol–water partition coefficient (Wildman–Crippen LogP) is 2.65. The second kappa shape index (κ2) is 8.63. The second-order valence-corrected chi connectivity index (χ2v) is 6.48. The highest BCUT2D eigenvalue weighted by atomic mass is 35.5. The molecule has 0 spiro atoms. The lowest BCUT2D eigenvalue weighted by atomic mass is 10.2. The number of halogens is 1. The summed E-state index contributed by atoms with van der Waals surface area (Å²) in [7, 11) is 0. The van der Waals surface area contributed by atoms with Gasteiger partial charge in [-0.05, 0) is 24.6 Å². The number of morpholine rings is 1. The molecule has 1 saturated heterocycles. The number of hydrogen-bond donors (Lipinski definition) is 1. The van der Waals surface area contributed by atoms with Gasteiger partial charge in [-0.2, -0.15) is 11.8 Å². The largest absolute Gasteiger partial charge is 0.379 e. The van der Waals surface area contributed by atoms with E-state index >= 15 is 0 Å². The fraction of sp³-hybridized carbons (Fsp3) is 0.533. The summed E-state index contributed by atoms with van der Waals surface area (Å²) in [5.41, 5.74) is 1.70. The van der Waals surface area contributed by atoms with Crippen LogP contribution in [0.25, 0.3) is 0 Å². The molecule has 6 heteroatoms. The minimum atomic E-state index is 0.0207. The molecule has 1 fully saturated rings. The number of rotatable bonds is 6. The van der Waals surface area contributed by atoms with Crippen LogP contribution in [0.1, 0.15) is 5.56 Å². The molecule has 116 valence electrons. The van der Waals surface area contributed by atoms with Gasteiger partial charge in [0.15, 0.2) is 0 Å². The zero-order valence-corrected chi connectivity index (χ0v) is 13.8. The van der Waals surface area contributed by atoms with Crippen LogP contribution in [-0.4, -0.2) is 55.2 Å². The molecule has 1 aromatic carbocycles. The Balaban J connectivity index is 1.66. The van der Waals surface area contributed by atoms with E-state index in [4.69, 9.17) is 16.3 Å². The third-order valence-corrected chi connectivity index (χ3v) is 4.78. The Kier molecular flexibility index (Phi) is 6.83. The van der Waals surface area contributed by atoms with Crippen molar-refractivity contribution >= 4 is 35.0 Å². The van der Waals surface area contributed by atoms with Crippen LogP contribution in [0.2, 0.25) is 5.02 Å². The van der Waals surface area contributed by atoms with Crippen molar-refractivity contribution in [2.24, 2.45) is 0 Å². The highest BCUT2D eigenvalue weighted by molar-refractivity contribution is 7.99. The molecule has 1 aliphatic heterocycles. The van der Waals surface area contributed by atoms with Crippen LogP contribution >= 0.6 is 23.4 Å². The average molecular weight is 329 g/mol. The van der Waals surface area contributed by atoms with Crippen LogP contribution in [0, 0.1) is 6.92 Å². The molecular weight excluding hydrogens is 308 g/mol. The van der Waals surface area contributed by atoms with Crippen molar-refractivity contribution in [1.82, 2.24) is 4.90 Å². The standard InChI is InChI=1S/C15H21ClN2O2S/c1-12-13(16)3-2-4-14(12)17-15(19)11-21-10-7-18-5-8-20-9-6-18/h2-4H,5-11H2,1H3,(H,17,19). The zero-order valence-electron chi connectivity index (χ0n) is 12.2. The molecule has 1 aromatic rings. The van der Waals surface area contributed by atoms with E-state index in [1.807, 2.05) is 25.1 Å². The Bertz CT molecular complexity index is 479. The molecule has 0 aliphatic carbocycles. The predicted molar refractivity (Wildman–Crippen MR) is 89.4 cm³/mol. The topological polar surface area (TPSA) is 41.6 Å². The molecule has 0 aromatic heterocycles. The number of carbonyl (C=O) groups excluding carboxylic acids is 1. The number of thioether (sulfide) groups is 1. The van der Waals surface area contributed by atoms with Crippen molar-refractivity contribution < 1.29 is 9.53 Å². The Morgan fingerprint density at radius 2 is 2.19 bits per heavy atom. The molecule has 1 N–H and O–H groups in total. The van der Waals surface area contributed by atoms with Gasteiger partial charge in [-0.3, -0.25) is 9.69 Å². The first-order chi connectivity index (χ1) is 10.2. The highest BCUT2D eigenvalue weighted by Gasteiger charge is 2.10. The fourth-order valence-electron chi connectivity index (χ4n) is 2.11. The molecule has 2 rings (SSSR count). The Hall–Kier alpha value is -0.750. The first kappa shape index (κ1) is 16.6. The third kappa shape index (κ3) is 5.51. The number of carbonyl (C=O) groups is 1. The van der Waals surface area contributed by atoms with Crippen molar-refractivity contribution in [2.45, 2.75) is 6.92 Å². The molecule has 0 unspecified atom stereocenters. The normalized spacial score (nSPS) is 15.9. The first-order valence-corrected chi connectivity index (χ1v) is 8.63. The molecule has 0 atom stereocenters. The van der Waals surface area contributed by atoms with E-state index in [0.29, 0.717) is 10.8 Å². The lowest BCUT2D eigenvalue weighted by Crippen LogP contribution is -2.37. The van der Waals surface area contributed by atoms with Gasteiger partial charge in [-0.25, -0.2) is 0 Å². The monoisotopic (exact) mass is 328 g/mol. The van der Waals surface area contributed by atoms with Crippen LogP contribution in [0.5, 0.6) is 0 Å². The van der Waals surface area contributed by atoms with Gasteiger partial charge in [0.25, 0.3) is 0 Å². The first-order valence-electron chi connectivity index (χ1n) is 7.09. The molecular formula is C15H21ClN2O2S. The lowest BCUT2D eigenvalue weighted by molar-refractivity contribution is -0.113. The lowest BCUT2D eigenvalue weighted by Gasteiger charge is -2.26. The molecule has 1 heterocycles. The molecule has 0 bridgehead atoms. The third-order valence-electron chi connectivity index (χ3n) is 3.43. The van der Waals surface area contributed by atoms with E-state index in [2.05, 4.69) is 10.2 Å². The smallest absolute Gasteiger partial charge is 0.234 e. The van der Waals surface area contributed by atoms with Crippen molar-refractivity contribution in [2.75, 3.05) is 49.7 Å². The van der Waals surface area contributed by atoms with Crippen molar-refractivity contribution in [3.8, 4) is 0 Å². The minimum absolute atomic E-state index is 0.0207. The van der Waals surface area contributed by atoms with Gasteiger partial charge in [-0.15, -0.1) is 0 Å². The Labute approximate surface area is 135 Å². The van der Waals surface area contributed by atoms with Crippen molar-refractivity contribution in [3.63, 3.8) is 0 Å². The minimum Gasteiger partial charge on any atom is -0.379 e. The quantitative estimate of drug-likeness (QED) is 0.815. The number of ether oxygens (including phenoxy) is 1. The van der Waals surface area contributed by atoms with Gasteiger partial charge < -0.3 is 10.1 Å². The summed E-state index contributed by atoms with van der Waals surface area (Å²) in [5.74, 6) is 1.45. The number of benzene rings is 1. The van der Waals surface area contributed by atoms with E-state index < -0.39 is 0 Å². The van der Waals surface area contributed by atoms with E-state index in [9.17, 15) is 4.79 Å². The highest BCUT2D eigenvalue weighted by Crippen LogP contribution is 2.23. The molecule has 0 saturated carbocycles. The summed E-state index contributed by atoms with van der Waals surface area (Å²) in [4.78, 5) is 14.3. The van der Waals surface area contributed by atoms with Crippen LogP contribution in [0.15, 0.2) is 18.2 Å². The van der Waals surface area contributed by atoms with Crippen LogP contribution < -0.4 is 5.32 Å². The summed E-state index contributed by atoms with van der Waals surface area (Å²) in [6.07, 6.45) is 0. The SMILES string of the molecule is Cc1c(Cl)cccc1NC(=O)CSCCN1CCOCC1. The zero-order chi connectivity index (χ0) is 15.1.